The lowest BCUT2D eigenvalue weighted by molar-refractivity contribution is -0.0275. The van der Waals surface area contributed by atoms with Gasteiger partial charge in [0.25, 0.3) is 0 Å². The molecule has 0 aliphatic carbocycles. The number of nitrogens with zero attached hydrogens (tertiary/aromatic N) is 1. The molecule has 0 spiro atoms. The standard InChI is InChI=1S/C9H12FN2O6PS/c10-6-3-12(9(13)11-8(6)20)7-2-1-5(18-7)4-17-19(14,15)16/h3,5,7,14-16H,1-2,4H2/p+1. The summed E-state index contributed by atoms with van der Waals surface area (Å²) in [5, 5.41) is 0. The van der Waals surface area contributed by atoms with E-state index in [4.69, 9.17) is 19.4 Å². The molecule has 1 saturated heterocycles. The van der Waals surface area contributed by atoms with Crippen molar-refractivity contribution in [3.63, 3.8) is 0 Å². The van der Waals surface area contributed by atoms with E-state index < -0.39 is 32.0 Å². The zero-order valence-electron chi connectivity index (χ0n) is 10.1. The Balaban J connectivity index is 2.05. The van der Waals surface area contributed by atoms with Crippen molar-refractivity contribution in [1.29, 1.82) is 0 Å². The molecule has 20 heavy (non-hydrogen) atoms. The van der Waals surface area contributed by atoms with Gasteiger partial charge in [-0.1, -0.05) is 12.2 Å². The highest BCUT2D eigenvalue weighted by Crippen LogP contribution is 2.46. The highest BCUT2D eigenvalue weighted by atomic mass is 32.1. The second kappa shape index (κ2) is 5.94. The molecular weight excluding hydrogens is 314 g/mol. The Labute approximate surface area is 118 Å². The Morgan fingerprint density at radius 2 is 2.25 bits per heavy atom. The molecule has 2 unspecified atom stereocenters. The first-order valence-corrected chi connectivity index (χ1v) is 7.62. The summed E-state index contributed by atoms with van der Waals surface area (Å²) in [5.74, 6) is -0.742. The third kappa shape index (κ3) is 3.89. The van der Waals surface area contributed by atoms with Gasteiger partial charge in [-0.2, -0.15) is 19.2 Å². The number of hydrogen-bond acceptors (Lipinski definition) is 7. The fraction of sp³-hybridized carbons (Fsp3) is 0.556. The van der Waals surface area contributed by atoms with E-state index in [9.17, 15) is 9.18 Å². The molecule has 1 fully saturated rings. The number of rotatable bonds is 4. The van der Waals surface area contributed by atoms with E-state index in [0.29, 0.717) is 12.8 Å². The molecule has 0 amide bonds. The van der Waals surface area contributed by atoms with Crippen LogP contribution in [0.5, 0.6) is 0 Å². The van der Waals surface area contributed by atoms with Crippen molar-refractivity contribution in [2.24, 2.45) is 0 Å². The van der Waals surface area contributed by atoms with Crippen LogP contribution in [0.3, 0.4) is 0 Å². The van der Waals surface area contributed by atoms with Crippen LogP contribution in [-0.2, 0) is 9.26 Å². The lowest BCUT2D eigenvalue weighted by Crippen LogP contribution is -2.28. The molecule has 112 valence electrons. The average molecular weight is 327 g/mol. The summed E-state index contributed by atoms with van der Waals surface area (Å²) >= 11 is 4.60. The lowest BCUT2D eigenvalue weighted by Gasteiger charge is -2.15. The molecule has 0 aromatic carbocycles. The van der Waals surface area contributed by atoms with Gasteiger partial charge in [-0.05, 0) is 12.8 Å². The number of H-pyrrole nitrogens is 1. The molecule has 11 heteroatoms. The minimum Gasteiger partial charge on any atom is -0.352 e. The second-order valence-corrected chi connectivity index (χ2v) is 5.94. The van der Waals surface area contributed by atoms with Gasteiger partial charge >= 0.3 is 13.9 Å². The Kier molecular flexibility index (Phi) is 4.65. The molecular formula is C9H13FN2O6PS+. The Bertz CT molecular complexity index is 599. The van der Waals surface area contributed by atoms with E-state index in [-0.39, 0.29) is 11.2 Å². The maximum atomic E-state index is 13.3. The van der Waals surface area contributed by atoms with Gasteiger partial charge in [0.2, 0.25) is 0 Å². The third-order valence-electron chi connectivity index (χ3n) is 2.75. The molecule has 2 rings (SSSR count). The highest BCUT2D eigenvalue weighted by molar-refractivity contribution is 7.71. The summed E-state index contributed by atoms with van der Waals surface area (Å²) in [6.45, 7) is -0.242. The van der Waals surface area contributed by atoms with Crippen LogP contribution in [0.15, 0.2) is 11.0 Å². The first kappa shape index (κ1) is 15.6. The van der Waals surface area contributed by atoms with Crippen molar-refractivity contribution in [3.8, 4) is 0 Å². The van der Waals surface area contributed by atoms with Gasteiger partial charge in [-0.25, -0.2) is 9.18 Å². The Morgan fingerprint density at radius 3 is 2.90 bits per heavy atom. The Hall–Kier alpha value is -0.740. The van der Waals surface area contributed by atoms with Crippen molar-refractivity contribution in [3.05, 3.63) is 27.1 Å². The largest absolute Gasteiger partial charge is 0.567 e. The van der Waals surface area contributed by atoms with Crippen LogP contribution in [-0.4, -0.2) is 36.9 Å². The van der Waals surface area contributed by atoms with Gasteiger partial charge < -0.3 is 4.74 Å². The highest BCUT2D eigenvalue weighted by Gasteiger charge is 2.37. The summed E-state index contributed by atoms with van der Waals surface area (Å²) in [5.41, 5.74) is -0.601. The van der Waals surface area contributed by atoms with Gasteiger partial charge in [0.15, 0.2) is 5.82 Å². The zero-order valence-corrected chi connectivity index (χ0v) is 11.8. The predicted octanol–water partition coefficient (Wildman–Crippen LogP) is 0.394. The first-order chi connectivity index (χ1) is 9.26. The summed E-state index contributed by atoms with van der Waals surface area (Å²) in [6.07, 6.45) is 0.571. The van der Waals surface area contributed by atoms with Crippen molar-refractivity contribution in [1.82, 2.24) is 9.55 Å². The van der Waals surface area contributed by atoms with Crippen LogP contribution in [0, 0.1) is 10.5 Å². The van der Waals surface area contributed by atoms with Crippen molar-refractivity contribution >= 4 is 20.4 Å². The molecule has 4 N–H and O–H groups in total. The van der Waals surface area contributed by atoms with Crippen LogP contribution in [0.1, 0.15) is 19.1 Å². The Morgan fingerprint density at radius 1 is 1.55 bits per heavy atom. The third-order valence-corrected chi connectivity index (χ3v) is 3.55. The number of aromatic amines is 1. The van der Waals surface area contributed by atoms with E-state index in [1.807, 2.05) is 0 Å². The molecule has 1 aliphatic rings. The topological polar surface area (TPSA) is 117 Å². The SMILES string of the molecule is O=c1[nH]c(=S)c(F)cn1C1CCC(CO[P+](O)(O)O)O1. The van der Waals surface area contributed by atoms with Crippen LogP contribution < -0.4 is 5.69 Å². The fourth-order valence-electron chi connectivity index (χ4n) is 1.87. The van der Waals surface area contributed by atoms with Crippen LogP contribution in [0.25, 0.3) is 0 Å². The van der Waals surface area contributed by atoms with Crippen molar-refractivity contribution < 1.29 is 28.3 Å². The normalized spacial score (nSPS) is 23.2. The molecule has 0 saturated carbocycles. The van der Waals surface area contributed by atoms with Gasteiger partial charge in [0, 0.05) is 0 Å². The molecule has 0 bridgehead atoms. The van der Waals surface area contributed by atoms with Crippen LogP contribution >= 0.6 is 20.4 Å². The van der Waals surface area contributed by atoms with Crippen molar-refractivity contribution in [2.45, 2.75) is 25.2 Å². The number of hydrogen-bond donors (Lipinski definition) is 4. The summed E-state index contributed by atoms with van der Waals surface area (Å²) in [4.78, 5) is 39.9. The molecule has 1 aliphatic heterocycles. The smallest absolute Gasteiger partial charge is 0.352 e. The van der Waals surface area contributed by atoms with Gasteiger partial charge in [0.1, 0.15) is 17.5 Å². The quantitative estimate of drug-likeness (QED) is 0.467. The molecule has 1 aromatic heterocycles. The number of halogens is 1. The molecule has 1 aromatic rings. The molecule has 2 heterocycles. The molecule has 2 atom stereocenters. The summed E-state index contributed by atoms with van der Waals surface area (Å²) in [6, 6.07) is 0. The number of ether oxygens (including phenoxy) is 1. The monoisotopic (exact) mass is 327 g/mol. The average Bonchev–Trinajstić information content (AvgIpc) is 2.79. The number of aromatic nitrogens is 2. The predicted molar refractivity (Wildman–Crippen MR) is 68.5 cm³/mol. The minimum atomic E-state index is -4.31. The lowest BCUT2D eigenvalue weighted by atomic mass is 10.2. The molecule has 8 nitrogen and oxygen atoms in total. The first-order valence-electron chi connectivity index (χ1n) is 5.64. The van der Waals surface area contributed by atoms with Crippen LogP contribution in [0.4, 0.5) is 4.39 Å². The van der Waals surface area contributed by atoms with Gasteiger partial charge in [-0.15, -0.1) is 0 Å². The maximum Gasteiger partial charge on any atom is 0.567 e. The van der Waals surface area contributed by atoms with Crippen LogP contribution in [0.2, 0.25) is 0 Å². The maximum absolute atomic E-state index is 13.3. The fourth-order valence-corrected chi connectivity index (χ4v) is 2.38. The van der Waals surface area contributed by atoms with E-state index in [0.717, 1.165) is 10.8 Å². The van der Waals surface area contributed by atoms with E-state index >= 15 is 0 Å². The summed E-state index contributed by atoms with van der Waals surface area (Å²) in [7, 11) is -4.31. The van der Waals surface area contributed by atoms with Crippen molar-refractivity contribution in [2.75, 3.05) is 6.61 Å². The zero-order chi connectivity index (χ0) is 14.9. The minimum absolute atomic E-state index is 0.242. The van der Waals surface area contributed by atoms with Gasteiger partial charge in [0.05, 0.1) is 12.3 Å². The summed E-state index contributed by atoms with van der Waals surface area (Å²) < 4.78 is 24.0. The number of nitrogens with one attached hydrogen (secondary N) is 1. The van der Waals surface area contributed by atoms with E-state index in [2.05, 4.69) is 21.7 Å². The van der Waals surface area contributed by atoms with E-state index in [1.54, 1.807) is 0 Å². The van der Waals surface area contributed by atoms with E-state index in [1.165, 1.54) is 0 Å². The second-order valence-electron chi connectivity index (χ2n) is 4.24. The van der Waals surface area contributed by atoms with Gasteiger partial charge in [-0.3, -0.25) is 9.55 Å². The molecule has 0 radical (unpaired) electrons.